The second-order valence-corrected chi connectivity index (χ2v) is 3.87. The van der Waals surface area contributed by atoms with Crippen LogP contribution >= 0.6 is 0 Å². The summed E-state index contributed by atoms with van der Waals surface area (Å²) in [6.45, 7) is 0. The number of halogens is 1. The molecule has 0 saturated carbocycles. The number of aromatic nitrogens is 4. The minimum atomic E-state index is -0.608. The first-order valence-electron chi connectivity index (χ1n) is 5.29. The Kier molecular flexibility index (Phi) is 2.24. The molecule has 1 aromatic carbocycles. The van der Waals surface area contributed by atoms with Crippen LogP contribution in [0.15, 0.2) is 29.1 Å². The lowest BCUT2D eigenvalue weighted by molar-refractivity contribution is 0.437. The van der Waals surface area contributed by atoms with E-state index in [1.807, 2.05) is 0 Å². The molecule has 0 saturated heterocycles. The van der Waals surface area contributed by atoms with E-state index in [4.69, 9.17) is 5.73 Å². The van der Waals surface area contributed by atoms with E-state index in [9.17, 15) is 14.3 Å². The van der Waals surface area contributed by atoms with Crippen LogP contribution in [0.1, 0.15) is 0 Å². The zero-order valence-electron chi connectivity index (χ0n) is 9.46. The van der Waals surface area contributed by atoms with E-state index in [0.29, 0.717) is 0 Å². The van der Waals surface area contributed by atoms with Gasteiger partial charge in [0.1, 0.15) is 11.4 Å². The number of benzene rings is 1. The topological polar surface area (TPSA) is 109 Å². The summed E-state index contributed by atoms with van der Waals surface area (Å²) in [5.41, 5.74) is 4.91. The van der Waals surface area contributed by atoms with Gasteiger partial charge in [0.05, 0.1) is 0 Å². The van der Waals surface area contributed by atoms with Crippen molar-refractivity contribution in [3.63, 3.8) is 0 Å². The first-order chi connectivity index (χ1) is 9.06. The van der Waals surface area contributed by atoms with E-state index in [2.05, 4.69) is 15.1 Å². The van der Waals surface area contributed by atoms with Crippen LogP contribution in [-0.4, -0.2) is 24.7 Å². The Bertz CT molecular complexity index is 839. The molecule has 0 aliphatic rings. The smallest absolute Gasteiger partial charge is 0.264 e. The van der Waals surface area contributed by atoms with Crippen molar-refractivity contribution in [2.45, 2.75) is 0 Å². The number of nitrogens with two attached hydrogens (primary N) is 1. The van der Waals surface area contributed by atoms with Crippen LogP contribution in [0, 0.1) is 5.82 Å². The minimum absolute atomic E-state index is 0.0140. The Morgan fingerprint density at radius 2 is 2.21 bits per heavy atom. The van der Waals surface area contributed by atoms with Crippen LogP contribution in [0.4, 0.5) is 10.3 Å². The second kappa shape index (κ2) is 3.80. The third kappa shape index (κ3) is 1.69. The first-order valence-corrected chi connectivity index (χ1v) is 5.29. The zero-order valence-corrected chi connectivity index (χ0v) is 9.46. The number of fused-ring (bicyclic) bond motifs is 1. The summed E-state index contributed by atoms with van der Waals surface area (Å²) >= 11 is 0. The van der Waals surface area contributed by atoms with Crippen LogP contribution in [0.5, 0.6) is 5.88 Å². The molecule has 0 radical (unpaired) electrons. The van der Waals surface area contributed by atoms with Gasteiger partial charge in [0.25, 0.3) is 5.56 Å². The van der Waals surface area contributed by atoms with Crippen molar-refractivity contribution in [3.8, 4) is 17.0 Å². The monoisotopic (exact) mass is 261 g/mol. The van der Waals surface area contributed by atoms with Crippen LogP contribution < -0.4 is 11.3 Å². The molecule has 19 heavy (non-hydrogen) atoms. The van der Waals surface area contributed by atoms with Crippen LogP contribution in [0.25, 0.3) is 16.9 Å². The van der Waals surface area contributed by atoms with Gasteiger partial charge in [-0.25, -0.2) is 4.39 Å². The lowest BCUT2D eigenvalue weighted by Crippen LogP contribution is -2.13. The second-order valence-electron chi connectivity index (χ2n) is 3.87. The molecule has 0 aliphatic heterocycles. The van der Waals surface area contributed by atoms with Gasteiger partial charge in [-0.05, 0) is 17.7 Å². The fourth-order valence-corrected chi connectivity index (χ4v) is 1.83. The largest absolute Gasteiger partial charge is 0.493 e. The normalized spacial score (nSPS) is 11.0. The van der Waals surface area contributed by atoms with Crippen molar-refractivity contribution in [3.05, 3.63) is 40.4 Å². The molecule has 0 atom stereocenters. The van der Waals surface area contributed by atoms with E-state index in [1.54, 1.807) is 0 Å². The van der Waals surface area contributed by atoms with Gasteiger partial charge in [0.2, 0.25) is 17.6 Å². The summed E-state index contributed by atoms with van der Waals surface area (Å²) in [4.78, 5) is 18.1. The molecule has 0 amide bonds. The number of nitrogen functional groups attached to an aromatic ring is 1. The summed E-state index contributed by atoms with van der Waals surface area (Å²) in [5.74, 6) is -1.05. The van der Waals surface area contributed by atoms with Gasteiger partial charge in [0, 0.05) is 0 Å². The number of aromatic amines is 1. The van der Waals surface area contributed by atoms with Gasteiger partial charge in [-0.15, -0.1) is 5.10 Å². The summed E-state index contributed by atoms with van der Waals surface area (Å²) in [5, 5.41) is 13.8. The number of aromatic hydroxyl groups is 1. The van der Waals surface area contributed by atoms with Crippen molar-refractivity contribution >= 4 is 11.7 Å². The minimum Gasteiger partial charge on any atom is -0.493 e. The van der Waals surface area contributed by atoms with Crippen LogP contribution in [0.3, 0.4) is 0 Å². The van der Waals surface area contributed by atoms with Gasteiger partial charge in [-0.2, -0.15) is 9.50 Å². The highest BCUT2D eigenvalue weighted by molar-refractivity contribution is 5.68. The Hall–Kier alpha value is -2.90. The summed E-state index contributed by atoms with van der Waals surface area (Å²) in [7, 11) is 0. The average molecular weight is 261 g/mol. The quantitative estimate of drug-likeness (QED) is 0.591. The number of nitrogens with zero attached hydrogens (tertiary/aromatic N) is 3. The van der Waals surface area contributed by atoms with Gasteiger partial charge >= 0.3 is 0 Å². The maximum Gasteiger partial charge on any atom is 0.264 e. The number of H-pyrrole nitrogens is 1. The van der Waals surface area contributed by atoms with Gasteiger partial charge in [-0.3, -0.25) is 9.78 Å². The fraction of sp³-hybridized carbons (Fsp3) is 0. The molecule has 2 aromatic heterocycles. The Morgan fingerprint density at radius 3 is 2.95 bits per heavy atom. The molecule has 96 valence electrons. The third-order valence-electron chi connectivity index (χ3n) is 2.61. The predicted molar refractivity (Wildman–Crippen MR) is 65.1 cm³/mol. The van der Waals surface area contributed by atoms with Crippen LogP contribution in [0.2, 0.25) is 0 Å². The number of anilines is 1. The molecule has 3 aromatic rings. The number of hydrogen-bond acceptors (Lipinski definition) is 5. The Morgan fingerprint density at radius 1 is 1.42 bits per heavy atom. The van der Waals surface area contributed by atoms with Crippen molar-refractivity contribution in [2.24, 2.45) is 0 Å². The maximum atomic E-state index is 13.2. The molecule has 3 rings (SSSR count). The third-order valence-corrected chi connectivity index (χ3v) is 2.61. The highest BCUT2D eigenvalue weighted by atomic mass is 19.1. The summed E-state index contributed by atoms with van der Waals surface area (Å²) in [6.07, 6.45) is 0. The van der Waals surface area contributed by atoms with Crippen molar-refractivity contribution in [2.75, 3.05) is 5.73 Å². The molecular weight excluding hydrogens is 253 g/mol. The molecule has 0 bridgehead atoms. The number of rotatable bonds is 1. The molecule has 4 N–H and O–H groups in total. The van der Waals surface area contributed by atoms with E-state index in [1.165, 1.54) is 18.2 Å². The van der Waals surface area contributed by atoms with Gasteiger partial charge in [0.15, 0.2) is 0 Å². The molecule has 0 fully saturated rings. The fourth-order valence-electron chi connectivity index (χ4n) is 1.83. The average Bonchev–Trinajstić information content (AvgIpc) is 2.70. The van der Waals surface area contributed by atoms with Crippen LogP contribution in [-0.2, 0) is 0 Å². The van der Waals surface area contributed by atoms with Crippen molar-refractivity contribution in [1.29, 1.82) is 0 Å². The van der Waals surface area contributed by atoms with E-state index in [0.717, 1.165) is 10.6 Å². The maximum absolute atomic E-state index is 13.2. The number of hydrogen-bond donors (Lipinski definition) is 3. The van der Waals surface area contributed by atoms with Crippen molar-refractivity contribution in [1.82, 2.24) is 19.6 Å². The lowest BCUT2D eigenvalue weighted by atomic mass is 10.1. The first kappa shape index (κ1) is 11.2. The highest BCUT2D eigenvalue weighted by Gasteiger charge is 2.16. The molecule has 7 nitrogen and oxygen atoms in total. The molecule has 8 heteroatoms. The lowest BCUT2D eigenvalue weighted by Gasteiger charge is -2.04. The zero-order chi connectivity index (χ0) is 13.6. The summed E-state index contributed by atoms with van der Waals surface area (Å²) in [6, 6.07) is 5.31. The molecule has 2 heterocycles. The van der Waals surface area contributed by atoms with E-state index >= 15 is 0 Å². The molecule has 0 spiro atoms. The highest BCUT2D eigenvalue weighted by Crippen LogP contribution is 2.25. The Labute approximate surface area is 105 Å². The summed E-state index contributed by atoms with van der Waals surface area (Å²) < 4.78 is 14.2. The van der Waals surface area contributed by atoms with E-state index in [-0.39, 0.29) is 22.9 Å². The van der Waals surface area contributed by atoms with Gasteiger partial charge < -0.3 is 10.8 Å². The number of nitrogens with one attached hydrogen (secondary N) is 1. The molecule has 0 aliphatic carbocycles. The van der Waals surface area contributed by atoms with Crippen molar-refractivity contribution < 1.29 is 9.50 Å². The van der Waals surface area contributed by atoms with Gasteiger partial charge in [-0.1, -0.05) is 12.1 Å². The predicted octanol–water partition coefficient (Wildman–Crippen LogP) is 0.512. The SMILES string of the molecule is Nc1nc2[nH]c(=O)c(-c3cccc(F)c3)c(O)n2n1. The Balaban J connectivity index is 2.38. The van der Waals surface area contributed by atoms with E-state index < -0.39 is 17.3 Å². The standard InChI is InChI=1S/C11H8FN5O2/c12-6-3-1-2-5(4-6)7-8(18)14-11-15-10(13)16-17(11)9(7)19/h1-4,19H,(H3,13,14,15,16,18). The molecular formula is C11H8FN5O2. The molecule has 0 unspecified atom stereocenters.